The van der Waals surface area contributed by atoms with E-state index in [2.05, 4.69) is 47.6 Å². The van der Waals surface area contributed by atoms with Crippen LogP contribution in [0.25, 0.3) is 0 Å². The minimum atomic E-state index is 0.215. The molecule has 5 fully saturated rings. The summed E-state index contributed by atoms with van der Waals surface area (Å²) in [5.41, 5.74) is 5.96. The third-order valence-electron chi connectivity index (χ3n) is 14.0. The molecule has 198 valence electrons. The molecule has 2 aliphatic heterocycles. The molecule has 6 aliphatic carbocycles. The van der Waals surface area contributed by atoms with Crippen molar-refractivity contribution in [3.63, 3.8) is 0 Å². The molecule has 2 bridgehead atoms. The molecule has 0 aromatic heterocycles. The van der Waals surface area contributed by atoms with Gasteiger partial charge in [0.25, 0.3) is 0 Å². The number of rotatable bonds is 0. The Kier molecular flexibility index (Phi) is 5.09. The van der Waals surface area contributed by atoms with Crippen LogP contribution in [0.5, 0.6) is 0 Å². The molecule has 0 aromatic rings. The standard InChI is InChI=1S/C34H52N2/c1-22-19-26-27(32(6)24(3)21-33(35-28(22)32)14-9-7-10-15-33)25-13-18-30(26,4)29-31(25,5)23(2)20-34(36-29)16-11-8-12-17-34/h19,23-27H,7-18,20-21H2,1-6H3. The van der Waals surface area contributed by atoms with Crippen molar-refractivity contribution in [1.29, 1.82) is 0 Å². The number of nitrogens with zero attached hydrogens (tertiary/aromatic N) is 2. The first-order valence-corrected chi connectivity index (χ1v) is 16.0. The van der Waals surface area contributed by atoms with Crippen LogP contribution in [-0.4, -0.2) is 22.5 Å². The van der Waals surface area contributed by atoms with Crippen molar-refractivity contribution in [2.24, 2.45) is 55.8 Å². The molecule has 0 aromatic carbocycles. The van der Waals surface area contributed by atoms with Gasteiger partial charge in [-0.05, 0) is 93.5 Å². The number of hydrogen-bond donors (Lipinski definition) is 0. The molecule has 8 atom stereocenters. The first-order valence-electron chi connectivity index (χ1n) is 16.0. The molecule has 0 saturated heterocycles. The second kappa shape index (κ2) is 7.59. The fraction of sp³-hybridized carbons (Fsp3) is 0.882. The van der Waals surface area contributed by atoms with Gasteiger partial charge < -0.3 is 0 Å². The van der Waals surface area contributed by atoms with Gasteiger partial charge in [-0.15, -0.1) is 0 Å². The molecule has 8 rings (SSSR count). The number of allylic oxidation sites excluding steroid dienone is 2. The molecule has 0 N–H and O–H groups in total. The Labute approximate surface area is 221 Å². The summed E-state index contributed by atoms with van der Waals surface area (Å²) >= 11 is 0. The van der Waals surface area contributed by atoms with Crippen molar-refractivity contribution in [3.05, 3.63) is 11.6 Å². The normalized spacial score (nSPS) is 50.5. The van der Waals surface area contributed by atoms with Crippen LogP contribution in [0.4, 0.5) is 0 Å². The Morgan fingerprint density at radius 3 is 1.89 bits per heavy atom. The fourth-order valence-corrected chi connectivity index (χ4v) is 12.0. The highest BCUT2D eigenvalue weighted by Crippen LogP contribution is 2.73. The third-order valence-corrected chi connectivity index (χ3v) is 14.0. The van der Waals surface area contributed by atoms with Gasteiger partial charge in [-0.25, -0.2) is 0 Å². The Morgan fingerprint density at radius 1 is 0.722 bits per heavy atom. The van der Waals surface area contributed by atoms with Gasteiger partial charge in [-0.3, -0.25) is 9.98 Å². The van der Waals surface area contributed by atoms with Crippen molar-refractivity contribution >= 4 is 11.4 Å². The van der Waals surface area contributed by atoms with Crippen LogP contribution in [0.2, 0.25) is 0 Å². The molecule has 0 amide bonds. The van der Waals surface area contributed by atoms with Crippen LogP contribution in [0, 0.1) is 45.8 Å². The van der Waals surface area contributed by atoms with Crippen molar-refractivity contribution in [2.75, 3.05) is 0 Å². The molecular weight excluding hydrogens is 436 g/mol. The zero-order valence-corrected chi connectivity index (χ0v) is 24.3. The lowest BCUT2D eigenvalue weighted by molar-refractivity contribution is -0.100. The largest absolute Gasteiger partial charge is 0.286 e. The summed E-state index contributed by atoms with van der Waals surface area (Å²) in [6, 6.07) is 0. The van der Waals surface area contributed by atoms with Crippen LogP contribution in [-0.2, 0) is 0 Å². The van der Waals surface area contributed by atoms with Gasteiger partial charge in [-0.1, -0.05) is 79.2 Å². The van der Waals surface area contributed by atoms with Crippen LogP contribution in [0.15, 0.2) is 21.6 Å². The van der Waals surface area contributed by atoms with Gasteiger partial charge in [0.2, 0.25) is 0 Å². The van der Waals surface area contributed by atoms with Gasteiger partial charge in [0, 0.05) is 27.7 Å². The van der Waals surface area contributed by atoms with Crippen LogP contribution in [0.3, 0.4) is 0 Å². The van der Waals surface area contributed by atoms with Gasteiger partial charge >= 0.3 is 0 Å². The van der Waals surface area contributed by atoms with Crippen LogP contribution in [0.1, 0.15) is 131 Å². The first kappa shape index (κ1) is 24.1. The summed E-state index contributed by atoms with van der Waals surface area (Å²) in [7, 11) is 0. The predicted octanol–water partition coefficient (Wildman–Crippen LogP) is 8.99. The lowest BCUT2D eigenvalue weighted by atomic mass is 9.33. The van der Waals surface area contributed by atoms with E-state index >= 15 is 0 Å². The van der Waals surface area contributed by atoms with E-state index in [1.54, 1.807) is 5.71 Å². The van der Waals surface area contributed by atoms with E-state index in [-0.39, 0.29) is 27.3 Å². The van der Waals surface area contributed by atoms with E-state index < -0.39 is 0 Å². The van der Waals surface area contributed by atoms with Gasteiger partial charge in [0.1, 0.15) is 0 Å². The topological polar surface area (TPSA) is 24.7 Å². The smallest absolute Gasteiger partial charge is 0.0614 e. The minimum absolute atomic E-state index is 0.215. The van der Waals surface area contributed by atoms with Crippen LogP contribution < -0.4 is 0 Å². The van der Waals surface area contributed by atoms with Crippen LogP contribution >= 0.6 is 0 Å². The Balaban J connectivity index is 1.40. The summed E-state index contributed by atoms with van der Waals surface area (Å²) in [5, 5.41) is 0. The Bertz CT molecular complexity index is 1040. The second-order valence-corrected chi connectivity index (χ2v) is 15.7. The maximum absolute atomic E-state index is 5.96. The minimum Gasteiger partial charge on any atom is -0.286 e. The summed E-state index contributed by atoms with van der Waals surface area (Å²) < 4.78 is 0. The van der Waals surface area contributed by atoms with Gasteiger partial charge in [-0.2, -0.15) is 0 Å². The summed E-state index contributed by atoms with van der Waals surface area (Å²) in [6.45, 7) is 15.7. The van der Waals surface area contributed by atoms with Crippen molar-refractivity contribution < 1.29 is 0 Å². The predicted molar refractivity (Wildman–Crippen MR) is 152 cm³/mol. The highest BCUT2D eigenvalue weighted by Gasteiger charge is 2.71. The molecule has 0 radical (unpaired) electrons. The summed E-state index contributed by atoms with van der Waals surface area (Å²) in [4.78, 5) is 11.8. The quantitative estimate of drug-likeness (QED) is 0.325. The Morgan fingerprint density at radius 2 is 1.28 bits per heavy atom. The average molecular weight is 489 g/mol. The van der Waals surface area contributed by atoms with Crippen molar-refractivity contribution in [3.8, 4) is 0 Å². The zero-order chi connectivity index (χ0) is 25.1. The molecule has 8 aliphatic rings. The lowest BCUT2D eigenvalue weighted by Crippen LogP contribution is -2.71. The van der Waals surface area contributed by atoms with E-state index in [0.717, 1.165) is 23.7 Å². The van der Waals surface area contributed by atoms with E-state index in [9.17, 15) is 0 Å². The fourth-order valence-electron chi connectivity index (χ4n) is 12.0. The zero-order valence-electron chi connectivity index (χ0n) is 24.3. The van der Waals surface area contributed by atoms with E-state index in [0.29, 0.717) is 5.92 Å². The molecule has 8 unspecified atom stereocenters. The molecule has 36 heavy (non-hydrogen) atoms. The SMILES string of the molecule is CC1=CC2C(C3CCC2(C)C2=NC4(CCCCC4)CC(C)C23C)C2(C)C1=NC1(CCCCC1)CC2C. The van der Waals surface area contributed by atoms with E-state index in [4.69, 9.17) is 9.98 Å². The number of aliphatic imine (C=N–C) groups is 2. The maximum Gasteiger partial charge on any atom is 0.0614 e. The molecule has 2 heteroatoms. The van der Waals surface area contributed by atoms with Crippen molar-refractivity contribution in [1.82, 2.24) is 0 Å². The molecule has 5 saturated carbocycles. The number of fused-ring (bicyclic) bond motifs is 2. The Hall–Kier alpha value is -0.920. The molecule has 2 spiro atoms. The maximum atomic E-state index is 5.96. The van der Waals surface area contributed by atoms with E-state index in [1.807, 2.05) is 0 Å². The first-order chi connectivity index (χ1) is 17.1. The number of hydrogen-bond acceptors (Lipinski definition) is 2. The molecular formula is C34H52N2. The van der Waals surface area contributed by atoms with Gasteiger partial charge in [0.15, 0.2) is 0 Å². The second-order valence-electron chi connectivity index (χ2n) is 15.7. The van der Waals surface area contributed by atoms with Gasteiger partial charge in [0.05, 0.1) is 11.1 Å². The summed E-state index contributed by atoms with van der Waals surface area (Å²) in [5.74, 6) is 3.58. The monoisotopic (exact) mass is 488 g/mol. The third kappa shape index (κ3) is 2.86. The summed E-state index contributed by atoms with van der Waals surface area (Å²) in [6.07, 6.45) is 21.9. The van der Waals surface area contributed by atoms with E-state index in [1.165, 1.54) is 101 Å². The molecule has 2 nitrogen and oxygen atoms in total. The lowest BCUT2D eigenvalue weighted by Gasteiger charge is -2.72. The van der Waals surface area contributed by atoms with Crippen molar-refractivity contribution in [2.45, 2.75) is 143 Å². The highest BCUT2D eigenvalue weighted by molar-refractivity contribution is 6.07. The average Bonchev–Trinajstić information content (AvgIpc) is 2.84. The molecule has 2 heterocycles. The highest BCUT2D eigenvalue weighted by atomic mass is 15.0.